The van der Waals surface area contributed by atoms with Gasteiger partial charge in [0.15, 0.2) is 5.82 Å². The first-order valence-electron chi connectivity index (χ1n) is 11.2. The molecule has 0 spiro atoms. The number of alkyl halides is 3. The number of hydrogen-bond acceptors (Lipinski definition) is 8. The van der Waals surface area contributed by atoms with Crippen LogP contribution in [0.4, 0.5) is 32.8 Å². The zero-order chi connectivity index (χ0) is 28.1. The Balaban J connectivity index is 1.86. The van der Waals surface area contributed by atoms with E-state index in [4.69, 9.17) is 10.5 Å². The molecule has 5 aromatic rings. The van der Waals surface area contributed by atoms with Gasteiger partial charge in [-0.25, -0.2) is 8.78 Å². The molecule has 2 aromatic carbocycles. The number of rotatable bonds is 5. The summed E-state index contributed by atoms with van der Waals surface area (Å²) in [5.41, 5.74) is 3.31. The predicted molar refractivity (Wildman–Crippen MR) is 137 cm³/mol. The molecule has 3 heterocycles. The molecule has 0 saturated heterocycles. The largest absolute Gasteiger partial charge is 0.467 e. The molecule has 0 fully saturated rings. The maximum Gasteiger partial charge on any atom is 0.417 e. The zero-order valence-corrected chi connectivity index (χ0v) is 21.1. The summed E-state index contributed by atoms with van der Waals surface area (Å²) in [5, 5.41) is 9.08. The number of anilines is 2. The van der Waals surface area contributed by atoms with Crippen molar-refractivity contribution in [2.24, 2.45) is 0 Å². The molecule has 0 atom stereocenters. The normalized spacial score (nSPS) is 11.6. The van der Waals surface area contributed by atoms with E-state index in [1.165, 1.54) is 12.0 Å². The van der Waals surface area contributed by atoms with Crippen LogP contribution < -0.4 is 15.4 Å². The molecule has 0 saturated carbocycles. The molecule has 0 aliphatic carbocycles. The highest BCUT2D eigenvalue weighted by atomic mass is 32.1. The summed E-state index contributed by atoms with van der Waals surface area (Å²) in [4.78, 5) is 13.8. The van der Waals surface area contributed by atoms with Crippen molar-refractivity contribution >= 4 is 43.1 Å². The van der Waals surface area contributed by atoms with Crippen LogP contribution in [0.2, 0.25) is 0 Å². The molecule has 39 heavy (non-hydrogen) atoms. The SMILES string of the molecule is COc1nc(N(C)Cc2cccnc2)c2cc(C(F)(F)F)c(-c3ccc(F)c4sc(N)c(C#N)c34)c(F)c2n1. The summed E-state index contributed by atoms with van der Waals surface area (Å²) in [7, 11) is 2.82. The summed E-state index contributed by atoms with van der Waals surface area (Å²) in [6, 6.07) is 7.64. The molecule has 13 heteroatoms. The number of fused-ring (bicyclic) bond motifs is 2. The molecular formula is C26H17F5N6OS. The molecule has 0 bridgehead atoms. The minimum atomic E-state index is -5.04. The Bertz CT molecular complexity index is 1780. The van der Waals surface area contributed by atoms with Crippen LogP contribution >= 0.6 is 11.3 Å². The Morgan fingerprint density at radius 2 is 1.95 bits per heavy atom. The molecule has 0 unspecified atom stereocenters. The second-order valence-electron chi connectivity index (χ2n) is 8.51. The van der Waals surface area contributed by atoms with Crippen molar-refractivity contribution in [3.05, 3.63) is 71.1 Å². The first-order chi connectivity index (χ1) is 18.5. The van der Waals surface area contributed by atoms with Crippen LogP contribution in [0.1, 0.15) is 16.7 Å². The van der Waals surface area contributed by atoms with Gasteiger partial charge in [-0.05, 0) is 29.3 Å². The maximum absolute atomic E-state index is 16.3. The van der Waals surface area contributed by atoms with Gasteiger partial charge in [-0.1, -0.05) is 12.1 Å². The van der Waals surface area contributed by atoms with E-state index in [0.29, 0.717) is 11.3 Å². The van der Waals surface area contributed by atoms with Crippen LogP contribution in [0.3, 0.4) is 0 Å². The van der Waals surface area contributed by atoms with Crippen molar-refractivity contribution in [2.45, 2.75) is 12.7 Å². The lowest BCUT2D eigenvalue weighted by atomic mass is 9.92. The lowest BCUT2D eigenvalue weighted by molar-refractivity contribution is -0.137. The maximum atomic E-state index is 16.3. The van der Waals surface area contributed by atoms with Gasteiger partial charge in [-0.15, -0.1) is 11.3 Å². The molecule has 0 aliphatic heterocycles. The van der Waals surface area contributed by atoms with Crippen molar-refractivity contribution in [1.82, 2.24) is 15.0 Å². The van der Waals surface area contributed by atoms with Crippen LogP contribution in [0.15, 0.2) is 42.7 Å². The molecule has 0 radical (unpaired) electrons. The molecule has 7 nitrogen and oxygen atoms in total. The Labute approximate surface area is 221 Å². The standard InChI is InChI=1S/C26H17F5N6OS/c1-37(11-12-4-3-7-34-10-12)24-14-8-16(26(29,30)31)19(20(28)21(14)35-25(36-24)38-2)13-5-6-17(27)22-18(13)15(9-32)23(33)39-22/h3-8,10H,11,33H2,1-2H3. The molecule has 3 aromatic heterocycles. The van der Waals surface area contributed by atoms with E-state index in [1.807, 2.05) is 0 Å². The Morgan fingerprint density at radius 1 is 1.18 bits per heavy atom. The third kappa shape index (κ3) is 4.42. The molecule has 2 N–H and O–H groups in total. The van der Waals surface area contributed by atoms with E-state index in [-0.39, 0.29) is 50.0 Å². The van der Waals surface area contributed by atoms with Crippen LogP contribution in [0.25, 0.3) is 32.1 Å². The van der Waals surface area contributed by atoms with Gasteiger partial charge in [-0.3, -0.25) is 4.98 Å². The lowest BCUT2D eigenvalue weighted by Crippen LogP contribution is -2.19. The van der Waals surface area contributed by atoms with E-state index in [0.717, 1.165) is 23.8 Å². The number of halogens is 5. The number of hydrogen-bond donors (Lipinski definition) is 1. The van der Waals surface area contributed by atoms with Gasteiger partial charge in [0.05, 0.1) is 22.9 Å². The first kappa shape index (κ1) is 26.1. The summed E-state index contributed by atoms with van der Waals surface area (Å²) < 4.78 is 79.5. The number of nitrogens with zero attached hydrogens (tertiary/aromatic N) is 5. The van der Waals surface area contributed by atoms with Gasteiger partial charge in [0, 0.05) is 42.3 Å². The molecule has 5 rings (SSSR count). The average molecular weight is 557 g/mol. The van der Waals surface area contributed by atoms with Crippen LogP contribution in [-0.2, 0) is 12.7 Å². The van der Waals surface area contributed by atoms with Crippen molar-refractivity contribution in [3.8, 4) is 23.2 Å². The highest BCUT2D eigenvalue weighted by Crippen LogP contribution is 2.47. The fourth-order valence-corrected chi connectivity index (χ4v) is 5.36. The van der Waals surface area contributed by atoms with Gasteiger partial charge in [0.2, 0.25) is 0 Å². The Kier molecular flexibility index (Phi) is 6.43. The minimum Gasteiger partial charge on any atom is -0.467 e. The molecule has 0 aliphatic rings. The molecule has 0 amide bonds. The fraction of sp³-hybridized carbons (Fsp3) is 0.154. The summed E-state index contributed by atoms with van der Waals surface area (Å²) in [5.74, 6) is -2.15. The number of nitrogen functional groups attached to an aromatic ring is 1. The number of nitriles is 1. The van der Waals surface area contributed by atoms with Gasteiger partial charge in [0.25, 0.3) is 0 Å². The predicted octanol–water partition coefficient (Wildman–Crippen LogP) is 6.30. The summed E-state index contributed by atoms with van der Waals surface area (Å²) in [6.07, 6.45) is -1.89. The number of nitrogens with two attached hydrogens (primary N) is 1. The van der Waals surface area contributed by atoms with E-state index in [2.05, 4.69) is 15.0 Å². The van der Waals surface area contributed by atoms with Gasteiger partial charge in [0.1, 0.15) is 28.2 Å². The lowest BCUT2D eigenvalue weighted by Gasteiger charge is -2.22. The van der Waals surface area contributed by atoms with Crippen LogP contribution in [0.5, 0.6) is 6.01 Å². The number of methoxy groups -OCH3 is 1. The fourth-order valence-electron chi connectivity index (χ4n) is 4.41. The monoisotopic (exact) mass is 556 g/mol. The number of aromatic nitrogens is 3. The second kappa shape index (κ2) is 9.63. The number of ether oxygens (including phenoxy) is 1. The van der Waals surface area contributed by atoms with E-state index in [9.17, 15) is 22.8 Å². The van der Waals surface area contributed by atoms with E-state index in [1.54, 1.807) is 37.6 Å². The highest BCUT2D eigenvalue weighted by molar-refractivity contribution is 7.23. The smallest absolute Gasteiger partial charge is 0.417 e. The average Bonchev–Trinajstić information content (AvgIpc) is 3.25. The summed E-state index contributed by atoms with van der Waals surface area (Å²) >= 11 is 0.694. The summed E-state index contributed by atoms with van der Waals surface area (Å²) in [6.45, 7) is 0.187. The van der Waals surface area contributed by atoms with Crippen LogP contribution in [-0.4, -0.2) is 29.1 Å². The zero-order valence-electron chi connectivity index (χ0n) is 20.3. The Hall–Kier alpha value is -4.57. The Morgan fingerprint density at radius 3 is 2.59 bits per heavy atom. The number of pyridine rings is 1. The van der Waals surface area contributed by atoms with Crippen LogP contribution in [0, 0.1) is 23.0 Å². The number of thiophene rings is 1. The van der Waals surface area contributed by atoms with E-state index >= 15 is 4.39 Å². The number of benzene rings is 2. The van der Waals surface area contributed by atoms with Crippen molar-refractivity contribution in [1.29, 1.82) is 5.26 Å². The topological polar surface area (TPSA) is 101 Å². The quantitative estimate of drug-likeness (QED) is 0.254. The molecular weight excluding hydrogens is 539 g/mol. The highest BCUT2D eigenvalue weighted by Gasteiger charge is 2.38. The molecule has 198 valence electrons. The van der Waals surface area contributed by atoms with Gasteiger partial charge in [-0.2, -0.15) is 28.4 Å². The van der Waals surface area contributed by atoms with Crippen molar-refractivity contribution in [3.63, 3.8) is 0 Å². The third-order valence-corrected chi connectivity index (χ3v) is 7.11. The minimum absolute atomic E-state index is 0.0154. The van der Waals surface area contributed by atoms with E-state index < -0.39 is 34.5 Å². The first-order valence-corrected chi connectivity index (χ1v) is 12.0. The van der Waals surface area contributed by atoms with Gasteiger partial charge >= 0.3 is 12.2 Å². The third-order valence-electron chi connectivity index (χ3n) is 6.08. The second-order valence-corrected chi connectivity index (χ2v) is 9.56. The van der Waals surface area contributed by atoms with Crippen molar-refractivity contribution in [2.75, 3.05) is 24.8 Å². The van der Waals surface area contributed by atoms with Gasteiger partial charge < -0.3 is 15.4 Å². The van der Waals surface area contributed by atoms with Crippen molar-refractivity contribution < 1.29 is 26.7 Å².